The van der Waals surface area contributed by atoms with Gasteiger partial charge in [0, 0.05) is 5.92 Å². The van der Waals surface area contributed by atoms with E-state index in [2.05, 4.69) is 23.2 Å². The van der Waals surface area contributed by atoms with Crippen LogP contribution in [0.2, 0.25) is 5.28 Å². The van der Waals surface area contributed by atoms with Gasteiger partial charge in [0.2, 0.25) is 5.28 Å². The van der Waals surface area contributed by atoms with Crippen molar-refractivity contribution in [3.63, 3.8) is 0 Å². The van der Waals surface area contributed by atoms with Crippen LogP contribution < -0.4 is 0 Å². The molecule has 1 aromatic heterocycles. The van der Waals surface area contributed by atoms with Crippen LogP contribution in [0.4, 0.5) is 0 Å². The van der Waals surface area contributed by atoms with Crippen molar-refractivity contribution in [1.29, 1.82) is 0 Å². The molecular weight excluding hydrogens is 168 g/mol. The molecule has 1 unspecified atom stereocenters. The smallest absolute Gasteiger partial charge is 0.209 e. The minimum Gasteiger partial charge on any atom is -0.209 e. The summed E-state index contributed by atoms with van der Waals surface area (Å²) in [5, 5.41) is 1.41. The van der Waals surface area contributed by atoms with Gasteiger partial charge in [-0.15, -0.1) is 0 Å². The summed E-state index contributed by atoms with van der Waals surface area (Å²) in [5.74, 6) is 0.491. The molecule has 0 radical (unpaired) electrons. The third-order valence-electron chi connectivity index (χ3n) is 1.45. The summed E-state index contributed by atoms with van der Waals surface area (Å²) in [4.78, 5) is 4.05. The molecule has 10 heavy (non-hydrogen) atoms. The number of hydrogen-bond donors (Lipinski definition) is 0. The predicted octanol–water partition coefficient (Wildman–Crippen LogP) is 2.71. The van der Waals surface area contributed by atoms with Crippen LogP contribution >= 0.6 is 23.1 Å². The topological polar surface area (TPSA) is 25.8 Å². The minimum absolute atomic E-state index is 0.375. The van der Waals surface area contributed by atoms with E-state index in [1.807, 2.05) is 0 Å². The van der Waals surface area contributed by atoms with Crippen molar-refractivity contribution in [2.24, 2.45) is 0 Å². The fourth-order valence-corrected chi connectivity index (χ4v) is 1.52. The Hall–Kier alpha value is -0.150. The lowest BCUT2D eigenvalue weighted by Crippen LogP contribution is -1.88. The lowest BCUT2D eigenvalue weighted by molar-refractivity contribution is 0.726. The SMILES string of the molecule is CCC(C)c1nc(Cl)ns1. The first-order valence-electron chi connectivity index (χ1n) is 3.23. The maximum atomic E-state index is 5.55. The zero-order valence-corrected chi connectivity index (χ0v) is 7.54. The number of nitrogens with zero attached hydrogens (tertiary/aromatic N) is 2. The van der Waals surface area contributed by atoms with E-state index in [4.69, 9.17) is 11.6 Å². The number of halogens is 1. The Balaban J connectivity index is 2.74. The lowest BCUT2D eigenvalue weighted by Gasteiger charge is -1.99. The van der Waals surface area contributed by atoms with Gasteiger partial charge in [-0.25, -0.2) is 4.98 Å². The monoisotopic (exact) mass is 176 g/mol. The quantitative estimate of drug-likeness (QED) is 0.693. The van der Waals surface area contributed by atoms with Gasteiger partial charge >= 0.3 is 0 Å². The third-order valence-corrected chi connectivity index (χ3v) is 2.67. The zero-order chi connectivity index (χ0) is 7.56. The van der Waals surface area contributed by atoms with Crippen LogP contribution in [0.25, 0.3) is 0 Å². The van der Waals surface area contributed by atoms with Crippen LogP contribution in [0.15, 0.2) is 0 Å². The molecule has 1 aromatic rings. The van der Waals surface area contributed by atoms with Gasteiger partial charge in [0.15, 0.2) is 0 Å². The molecule has 0 saturated carbocycles. The Morgan fingerprint density at radius 3 is 2.80 bits per heavy atom. The largest absolute Gasteiger partial charge is 0.234 e. The molecule has 0 bridgehead atoms. The summed E-state index contributed by atoms with van der Waals surface area (Å²) in [6.07, 6.45) is 1.09. The molecule has 0 fully saturated rings. The van der Waals surface area contributed by atoms with E-state index in [9.17, 15) is 0 Å². The van der Waals surface area contributed by atoms with Gasteiger partial charge in [0.05, 0.1) is 0 Å². The van der Waals surface area contributed by atoms with Crippen LogP contribution in [0, 0.1) is 0 Å². The maximum absolute atomic E-state index is 5.55. The second kappa shape index (κ2) is 3.30. The Labute approximate surface area is 69.4 Å². The maximum Gasteiger partial charge on any atom is 0.234 e. The second-order valence-electron chi connectivity index (χ2n) is 2.21. The summed E-state index contributed by atoms with van der Waals surface area (Å²) in [6, 6.07) is 0. The van der Waals surface area contributed by atoms with Gasteiger partial charge in [-0.1, -0.05) is 13.8 Å². The average molecular weight is 177 g/mol. The zero-order valence-electron chi connectivity index (χ0n) is 5.97. The average Bonchev–Trinajstić information content (AvgIpc) is 2.34. The fraction of sp³-hybridized carbons (Fsp3) is 0.667. The van der Waals surface area contributed by atoms with E-state index < -0.39 is 0 Å². The summed E-state index contributed by atoms with van der Waals surface area (Å²) in [5.41, 5.74) is 0. The Kier molecular flexibility index (Phi) is 2.63. The molecule has 1 rings (SSSR count). The number of hydrogen-bond acceptors (Lipinski definition) is 3. The van der Waals surface area contributed by atoms with Crippen LogP contribution in [0.3, 0.4) is 0 Å². The molecular formula is C6H9ClN2S. The predicted molar refractivity (Wildman–Crippen MR) is 43.6 cm³/mol. The third kappa shape index (κ3) is 1.67. The van der Waals surface area contributed by atoms with Gasteiger partial charge in [0.25, 0.3) is 0 Å². The van der Waals surface area contributed by atoms with Gasteiger partial charge in [-0.05, 0) is 29.6 Å². The minimum atomic E-state index is 0.375. The molecule has 0 spiro atoms. The highest BCUT2D eigenvalue weighted by Crippen LogP contribution is 2.21. The summed E-state index contributed by atoms with van der Waals surface area (Å²) < 4.78 is 3.88. The normalized spacial score (nSPS) is 13.5. The van der Waals surface area contributed by atoms with E-state index in [0.29, 0.717) is 11.2 Å². The van der Waals surface area contributed by atoms with Gasteiger partial charge in [-0.2, -0.15) is 4.37 Å². The molecule has 56 valence electrons. The first-order chi connectivity index (χ1) is 4.74. The molecule has 0 N–H and O–H groups in total. The second-order valence-corrected chi connectivity index (χ2v) is 3.33. The molecule has 0 aliphatic carbocycles. The molecule has 0 amide bonds. The van der Waals surface area contributed by atoms with Crippen molar-refractivity contribution >= 4 is 23.1 Å². The Bertz CT molecular complexity index is 211. The Morgan fingerprint density at radius 2 is 2.40 bits per heavy atom. The molecule has 0 saturated heterocycles. The van der Waals surface area contributed by atoms with Crippen molar-refractivity contribution < 1.29 is 0 Å². The molecule has 4 heteroatoms. The number of aromatic nitrogens is 2. The van der Waals surface area contributed by atoms with Crippen molar-refractivity contribution in [2.45, 2.75) is 26.2 Å². The highest BCUT2D eigenvalue weighted by Gasteiger charge is 2.07. The molecule has 0 aromatic carbocycles. The lowest BCUT2D eigenvalue weighted by atomic mass is 10.1. The summed E-state index contributed by atoms with van der Waals surface area (Å²) >= 11 is 6.94. The van der Waals surface area contributed by atoms with E-state index in [1.54, 1.807) is 0 Å². The molecule has 1 heterocycles. The summed E-state index contributed by atoms with van der Waals surface area (Å²) in [7, 11) is 0. The molecule has 0 aliphatic heterocycles. The van der Waals surface area contributed by atoms with E-state index in [1.165, 1.54) is 11.5 Å². The van der Waals surface area contributed by atoms with Crippen molar-refractivity contribution in [1.82, 2.24) is 9.36 Å². The first-order valence-corrected chi connectivity index (χ1v) is 4.38. The standard InChI is InChI=1S/C6H9ClN2S/c1-3-4(2)5-8-6(7)9-10-5/h4H,3H2,1-2H3. The van der Waals surface area contributed by atoms with Gasteiger partial charge in [0.1, 0.15) is 5.01 Å². The van der Waals surface area contributed by atoms with E-state index in [-0.39, 0.29) is 0 Å². The van der Waals surface area contributed by atoms with Gasteiger partial charge < -0.3 is 0 Å². The van der Waals surface area contributed by atoms with E-state index in [0.717, 1.165) is 11.4 Å². The summed E-state index contributed by atoms with van der Waals surface area (Å²) in [6.45, 7) is 4.25. The Morgan fingerprint density at radius 1 is 1.70 bits per heavy atom. The van der Waals surface area contributed by atoms with Gasteiger partial charge in [-0.3, -0.25) is 0 Å². The highest BCUT2D eigenvalue weighted by atomic mass is 35.5. The molecule has 2 nitrogen and oxygen atoms in total. The molecule has 0 aliphatic rings. The van der Waals surface area contributed by atoms with Crippen LogP contribution in [-0.2, 0) is 0 Å². The molecule has 1 atom stereocenters. The van der Waals surface area contributed by atoms with E-state index >= 15 is 0 Å². The van der Waals surface area contributed by atoms with Crippen LogP contribution in [0.5, 0.6) is 0 Å². The van der Waals surface area contributed by atoms with Crippen molar-refractivity contribution in [3.8, 4) is 0 Å². The van der Waals surface area contributed by atoms with Crippen LogP contribution in [-0.4, -0.2) is 9.36 Å². The van der Waals surface area contributed by atoms with Crippen LogP contribution in [0.1, 0.15) is 31.2 Å². The number of rotatable bonds is 2. The van der Waals surface area contributed by atoms with Crippen molar-refractivity contribution in [2.75, 3.05) is 0 Å². The highest BCUT2D eigenvalue weighted by molar-refractivity contribution is 7.05. The first kappa shape index (κ1) is 7.95. The van der Waals surface area contributed by atoms with Crippen molar-refractivity contribution in [3.05, 3.63) is 10.3 Å². The fourth-order valence-electron chi connectivity index (χ4n) is 0.591.